The highest BCUT2D eigenvalue weighted by atomic mass is 16.2. The zero-order valence-corrected chi connectivity index (χ0v) is 17.2. The zero-order valence-electron chi connectivity index (χ0n) is 17.2. The summed E-state index contributed by atoms with van der Waals surface area (Å²) >= 11 is 0. The van der Waals surface area contributed by atoms with Crippen LogP contribution in [0.5, 0.6) is 0 Å². The van der Waals surface area contributed by atoms with E-state index in [1.54, 1.807) is 0 Å². The van der Waals surface area contributed by atoms with E-state index >= 15 is 0 Å². The molecule has 152 valence electrons. The van der Waals surface area contributed by atoms with Gasteiger partial charge in [0.1, 0.15) is 0 Å². The van der Waals surface area contributed by atoms with Crippen LogP contribution < -0.4 is 5.32 Å². The lowest BCUT2D eigenvalue weighted by Crippen LogP contribution is -2.51. The Balaban J connectivity index is 1.32. The molecule has 2 heterocycles. The van der Waals surface area contributed by atoms with Gasteiger partial charge in [-0.15, -0.1) is 0 Å². The Labute approximate surface area is 168 Å². The number of benzene rings is 1. The van der Waals surface area contributed by atoms with Crippen LogP contribution in [0.1, 0.15) is 60.0 Å². The number of nitrogens with one attached hydrogen (secondary N) is 1. The SMILES string of the molecule is Cc1cccc(C)c1C(=O)N1CCC(N2CCCC(C(=O)NC3CC3)C2)CC1. The summed E-state index contributed by atoms with van der Waals surface area (Å²) in [4.78, 5) is 30.0. The molecule has 1 aliphatic carbocycles. The smallest absolute Gasteiger partial charge is 0.254 e. The number of hydrogen-bond acceptors (Lipinski definition) is 3. The maximum Gasteiger partial charge on any atom is 0.254 e. The minimum atomic E-state index is 0.142. The predicted molar refractivity (Wildman–Crippen MR) is 110 cm³/mol. The molecule has 0 bridgehead atoms. The van der Waals surface area contributed by atoms with Crippen molar-refractivity contribution in [1.29, 1.82) is 0 Å². The summed E-state index contributed by atoms with van der Waals surface area (Å²) in [6.07, 6.45) is 6.43. The topological polar surface area (TPSA) is 52.7 Å². The fourth-order valence-electron chi connectivity index (χ4n) is 4.84. The van der Waals surface area contributed by atoms with Crippen molar-refractivity contribution in [3.05, 3.63) is 34.9 Å². The highest BCUT2D eigenvalue weighted by molar-refractivity contribution is 5.97. The van der Waals surface area contributed by atoms with E-state index in [1.165, 1.54) is 0 Å². The number of carbonyl (C=O) groups excluding carboxylic acids is 2. The second-order valence-electron chi connectivity index (χ2n) is 8.91. The highest BCUT2D eigenvalue weighted by Gasteiger charge is 2.34. The number of aryl methyl sites for hydroxylation is 2. The maximum absolute atomic E-state index is 13.0. The molecule has 3 fully saturated rings. The molecule has 1 unspecified atom stereocenters. The zero-order chi connectivity index (χ0) is 19.7. The molecule has 5 nitrogen and oxygen atoms in total. The van der Waals surface area contributed by atoms with Gasteiger partial charge in [-0.25, -0.2) is 0 Å². The van der Waals surface area contributed by atoms with Crippen molar-refractivity contribution in [1.82, 2.24) is 15.1 Å². The number of likely N-dealkylation sites (tertiary alicyclic amines) is 2. The third-order valence-corrected chi connectivity index (χ3v) is 6.71. The largest absolute Gasteiger partial charge is 0.353 e. The molecular formula is C23H33N3O2. The Morgan fingerprint density at radius 3 is 2.29 bits per heavy atom. The van der Waals surface area contributed by atoms with Gasteiger partial charge in [-0.3, -0.25) is 14.5 Å². The van der Waals surface area contributed by atoms with Crippen LogP contribution in [0.15, 0.2) is 18.2 Å². The Morgan fingerprint density at radius 2 is 1.64 bits per heavy atom. The number of piperidine rings is 2. The van der Waals surface area contributed by atoms with Crippen LogP contribution >= 0.6 is 0 Å². The fourth-order valence-corrected chi connectivity index (χ4v) is 4.84. The van der Waals surface area contributed by atoms with Crippen molar-refractivity contribution < 1.29 is 9.59 Å². The summed E-state index contributed by atoms with van der Waals surface area (Å²) in [5.41, 5.74) is 3.00. The molecule has 1 saturated carbocycles. The van der Waals surface area contributed by atoms with E-state index in [0.29, 0.717) is 12.1 Å². The number of amides is 2. The van der Waals surface area contributed by atoms with Gasteiger partial charge in [0.15, 0.2) is 0 Å². The second kappa shape index (κ2) is 8.24. The lowest BCUT2D eigenvalue weighted by molar-refractivity contribution is -0.127. The average Bonchev–Trinajstić information content (AvgIpc) is 3.52. The summed E-state index contributed by atoms with van der Waals surface area (Å²) in [5, 5.41) is 3.18. The van der Waals surface area contributed by atoms with E-state index in [1.807, 2.05) is 36.9 Å². The minimum absolute atomic E-state index is 0.142. The quantitative estimate of drug-likeness (QED) is 0.870. The van der Waals surface area contributed by atoms with Crippen molar-refractivity contribution in [3.8, 4) is 0 Å². The van der Waals surface area contributed by atoms with Crippen molar-refractivity contribution in [2.24, 2.45) is 5.92 Å². The van der Waals surface area contributed by atoms with Crippen LogP contribution in [0, 0.1) is 19.8 Å². The van der Waals surface area contributed by atoms with Crippen molar-refractivity contribution in [2.75, 3.05) is 26.2 Å². The first-order valence-corrected chi connectivity index (χ1v) is 10.9. The lowest BCUT2D eigenvalue weighted by atomic mass is 9.92. The maximum atomic E-state index is 13.0. The lowest BCUT2D eigenvalue weighted by Gasteiger charge is -2.42. The number of rotatable bonds is 4. The van der Waals surface area contributed by atoms with Gasteiger partial charge >= 0.3 is 0 Å². The van der Waals surface area contributed by atoms with E-state index < -0.39 is 0 Å². The van der Waals surface area contributed by atoms with Gasteiger partial charge in [0.05, 0.1) is 5.92 Å². The van der Waals surface area contributed by atoms with E-state index in [0.717, 1.165) is 81.4 Å². The molecule has 5 heteroatoms. The van der Waals surface area contributed by atoms with Gasteiger partial charge in [0.2, 0.25) is 5.91 Å². The highest BCUT2D eigenvalue weighted by Crippen LogP contribution is 2.27. The second-order valence-corrected chi connectivity index (χ2v) is 8.91. The predicted octanol–water partition coefficient (Wildman–Crippen LogP) is 2.90. The molecule has 1 atom stereocenters. The van der Waals surface area contributed by atoms with Crippen LogP contribution in [0.4, 0.5) is 0 Å². The molecule has 0 radical (unpaired) electrons. The molecule has 0 aromatic heterocycles. The third-order valence-electron chi connectivity index (χ3n) is 6.71. The van der Waals surface area contributed by atoms with Gasteiger partial charge < -0.3 is 10.2 Å². The first-order chi connectivity index (χ1) is 13.5. The first kappa shape index (κ1) is 19.4. The van der Waals surface area contributed by atoms with E-state index in [9.17, 15) is 9.59 Å². The van der Waals surface area contributed by atoms with Gasteiger partial charge in [-0.05, 0) is 70.0 Å². The van der Waals surface area contributed by atoms with E-state index in [4.69, 9.17) is 0 Å². The van der Waals surface area contributed by atoms with Crippen molar-refractivity contribution in [2.45, 2.75) is 64.5 Å². The van der Waals surface area contributed by atoms with Crippen LogP contribution in [0.3, 0.4) is 0 Å². The molecule has 0 spiro atoms. The molecule has 28 heavy (non-hydrogen) atoms. The minimum Gasteiger partial charge on any atom is -0.353 e. The molecule has 2 saturated heterocycles. The standard InChI is InChI=1S/C23H33N3O2/c1-16-5-3-6-17(2)21(16)23(28)25-13-10-20(11-14-25)26-12-4-7-18(15-26)22(27)24-19-8-9-19/h3,5-6,18-20H,4,7-15H2,1-2H3,(H,24,27). The van der Waals surface area contributed by atoms with Crippen LogP contribution in [-0.2, 0) is 4.79 Å². The molecule has 2 aliphatic heterocycles. The van der Waals surface area contributed by atoms with Crippen LogP contribution in [0.2, 0.25) is 0 Å². The van der Waals surface area contributed by atoms with Crippen LogP contribution in [-0.4, -0.2) is 59.9 Å². The van der Waals surface area contributed by atoms with Gasteiger partial charge in [0, 0.05) is 37.3 Å². The third kappa shape index (κ3) is 4.24. The summed E-state index contributed by atoms with van der Waals surface area (Å²) in [7, 11) is 0. The summed E-state index contributed by atoms with van der Waals surface area (Å²) in [6, 6.07) is 7.00. The van der Waals surface area contributed by atoms with Crippen molar-refractivity contribution in [3.63, 3.8) is 0 Å². The average molecular weight is 384 g/mol. The molecule has 1 N–H and O–H groups in total. The summed E-state index contributed by atoms with van der Waals surface area (Å²) in [6.45, 7) is 7.64. The molecule has 1 aromatic rings. The number of nitrogens with zero attached hydrogens (tertiary/aromatic N) is 2. The van der Waals surface area contributed by atoms with Crippen molar-refractivity contribution >= 4 is 11.8 Å². The molecule has 2 amide bonds. The number of carbonyl (C=O) groups is 2. The molecule has 3 aliphatic rings. The summed E-state index contributed by atoms with van der Waals surface area (Å²) < 4.78 is 0. The Bertz CT molecular complexity index is 715. The monoisotopic (exact) mass is 383 g/mol. The molecule has 4 rings (SSSR count). The summed E-state index contributed by atoms with van der Waals surface area (Å²) in [5.74, 6) is 0.577. The number of hydrogen-bond donors (Lipinski definition) is 1. The Morgan fingerprint density at radius 1 is 0.964 bits per heavy atom. The Hall–Kier alpha value is -1.88. The van der Waals surface area contributed by atoms with E-state index in [-0.39, 0.29) is 17.7 Å². The molecular weight excluding hydrogens is 350 g/mol. The fraction of sp³-hybridized carbons (Fsp3) is 0.652. The van der Waals surface area contributed by atoms with Gasteiger partial charge in [-0.1, -0.05) is 18.2 Å². The normalized spacial score (nSPS) is 24.2. The Kier molecular flexibility index (Phi) is 5.72. The van der Waals surface area contributed by atoms with Crippen LogP contribution in [0.25, 0.3) is 0 Å². The van der Waals surface area contributed by atoms with Gasteiger partial charge in [-0.2, -0.15) is 0 Å². The van der Waals surface area contributed by atoms with Gasteiger partial charge in [0.25, 0.3) is 5.91 Å². The first-order valence-electron chi connectivity index (χ1n) is 10.9. The van der Waals surface area contributed by atoms with E-state index in [2.05, 4.69) is 10.2 Å². The molecule has 1 aromatic carbocycles.